The van der Waals surface area contributed by atoms with Crippen molar-refractivity contribution in [2.75, 3.05) is 32.0 Å². The van der Waals surface area contributed by atoms with E-state index in [1.165, 1.54) is 24.1 Å². The fourth-order valence-electron chi connectivity index (χ4n) is 2.43. The number of hydrogen-bond donors (Lipinski definition) is 1. The third kappa shape index (κ3) is 1.87. The Morgan fingerprint density at radius 1 is 1.38 bits per heavy atom. The molecule has 1 aromatic rings. The minimum absolute atomic E-state index is 0.389. The highest BCUT2D eigenvalue weighted by Crippen LogP contribution is 2.27. The monoisotopic (exact) mass is 218 g/mol. The fraction of sp³-hybridized carbons (Fsp3) is 0.538. The first kappa shape index (κ1) is 9.97. The highest BCUT2D eigenvalue weighted by atomic mass is 16.5. The number of hydrogen-bond acceptors (Lipinski definition) is 3. The average molecular weight is 218 g/mol. The molecule has 2 heterocycles. The van der Waals surface area contributed by atoms with Gasteiger partial charge in [-0.15, -0.1) is 0 Å². The molecule has 0 unspecified atom stereocenters. The summed E-state index contributed by atoms with van der Waals surface area (Å²) in [6.07, 6.45) is 2.78. The van der Waals surface area contributed by atoms with Crippen LogP contribution in [0.15, 0.2) is 18.2 Å². The summed E-state index contributed by atoms with van der Waals surface area (Å²) >= 11 is 0. The van der Waals surface area contributed by atoms with Gasteiger partial charge in [0.2, 0.25) is 0 Å². The van der Waals surface area contributed by atoms with E-state index in [1.807, 2.05) is 0 Å². The molecular weight excluding hydrogens is 200 g/mol. The Bertz CT molecular complexity index is 386. The van der Waals surface area contributed by atoms with Crippen molar-refractivity contribution in [3.05, 3.63) is 23.8 Å². The third-order valence-electron chi connectivity index (χ3n) is 3.35. The van der Waals surface area contributed by atoms with E-state index in [4.69, 9.17) is 4.74 Å². The summed E-state index contributed by atoms with van der Waals surface area (Å²) in [7, 11) is 2.12. The highest BCUT2D eigenvalue weighted by molar-refractivity contribution is 5.55. The zero-order chi connectivity index (χ0) is 11.0. The Morgan fingerprint density at radius 2 is 2.25 bits per heavy atom. The van der Waals surface area contributed by atoms with E-state index in [9.17, 15) is 0 Å². The van der Waals surface area contributed by atoms with E-state index in [0.29, 0.717) is 6.10 Å². The van der Waals surface area contributed by atoms with Gasteiger partial charge in [-0.3, -0.25) is 4.90 Å². The minimum atomic E-state index is 0.389. The van der Waals surface area contributed by atoms with Crippen molar-refractivity contribution in [1.82, 2.24) is 4.90 Å². The number of likely N-dealkylation sites (tertiary alicyclic amines) is 1. The number of fused-ring (bicyclic) bond motifs is 1. The Hall–Kier alpha value is -1.22. The van der Waals surface area contributed by atoms with Crippen LogP contribution in [-0.4, -0.2) is 37.7 Å². The Balaban J connectivity index is 1.71. The Kier molecular flexibility index (Phi) is 2.48. The van der Waals surface area contributed by atoms with Gasteiger partial charge < -0.3 is 10.1 Å². The molecule has 1 fully saturated rings. The zero-order valence-electron chi connectivity index (χ0n) is 9.70. The van der Waals surface area contributed by atoms with Crippen LogP contribution >= 0.6 is 0 Å². The third-order valence-corrected chi connectivity index (χ3v) is 3.35. The van der Waals surface area contributed by atoms with Crippen LogP contribution in [0.25, 0.3) is 0 Å². The number of anilines is 1. The molecule has 86 valence electrons. The molecule has 0 spiro atoms. The molecular formula is C13H18N2O. The van der Waals surface area contributed by atoms with E-state index in [-0.39, 0.29) is 0 Å². The lowest BCUT2D eigenvalue weighted by Crippen LogP contribution is -2.51. The van der Waals surface area contributed by atoms with Crippen molar-refractivity contribution in [2.24, 2.45) is 0 Å². The van der Waals surface area contributed by atoms with Crippen LogP contribution in [0, 0.1) is 0 Å². The second kappa shape index (κ2) is 3.98. The molecule has 3 nitrogen and oxygen atoms in total. The van der Waals surface area contributed by atoms with Gasteiger partial charge in [0, 0.05) is 25.3 Å². The molecule has 2 aliphatic heterocycles. The predicted octanol–water partition coefficient (Wildman–Crippen LogP) is 1.74. The second-order valence-corrected chi connectivity index (χ2v) is 4.81. The van der Waals surface area contributed by atoms with E-state index >= 15 is 0 Å². The minimum Gasteiger partial charge on any atom is -0.488 e. The van der Waals surface area contributed by atoms with Gasteiger partial charge in [0.05, 0.1) is 0 Å². The first-order valence-corrected chi connectivity index (χ1v) is 6.03. The van der Waals surface area contributed by atoms with Gasteiger partial charge in [-0.05, 0) is 43.7 Å². The molecule has 0 saturated carbocycles. The maximum atomic E-state index is 5.92. The van der Waals surface area contributed by atoms with Crippen LogP contribution in [0.5, 0.6) is 5.75 Å². The van der Waals surface area contributed by atoms with Gasteiger partial charge in [-0.2, -0.15) is 0 Å². The number of nitrogens with zero attached hydrogens (tertiary/aromatic N) is 1. The number of aryl methyl sites for hydroxylation is 1. The van der Waals surface area contributed by atoms with E-state index in [0.717, 1.165) is 25.4 Å². The fourth-order valence-corrected chi connectivity index (χ4v) is 2.43. The maximum absolute atomic E-state index is 5.92. The van der Waals surface area contributed by atoms with Crippen LogP contribution in [0.2, 0.25) is 0 Å². The number of ether oxygens (including phenoxy) is 1. The first-order chi connectivity index (χ1) is 7.81. The number of nitrogens with one attached hydrogen (secondary N) is 1. The normalized spacial score (nSPS) is 20.8. The number of rotatable bonds is 2. The van der Waals surface area contributed by atoms with Crippen molar-refractivity contribution in [1.29, 1.82) is 0 Å². The topological polar surface area (TPSA) is 24.5 Å². The molecule has 16 heavy (non-hydrogen) atoms. The van der Waals surface area contributed by atoms with Crippen molar-refractivity contribution in [3.63, 3.8) is 0 Å². The lowest BCUT2D eigenvalue weighted by Gasteiger charge is -2.36. The SMILES string of the molecule is CN1CC(Oc2ccc3c(c2)CCCN3)C1. The van der Waals surface area contributed by atoms with Gasteiger partial charge in [0.25, 0.3) is 0 Å². The van der Waals surface area contributed by atoms with Gasteiger partial charge in [0.1, 0.15) is 11.9 Å². The molecule has 1 saturated heterocycles. The van der Waals surface area contributed by atoms with Crippen molar-refractivity contribution in [3.8, 4) is 5.75 Å². The molecule has 3 heteroatoms. The second-order valence-electron chi connectivity index (χ2n) is 4.81. The van der Waals surface area contributed by atoms with E-state index < -0.39 is 0 Å². The van der Waals surface area contributed by atoms with Crippen LogP contribution in [-0.2, 0) is 6.42 Å². The first-order valence-electron chi connectivity index (χ1n) is 6.03. The highest BCUT2D eigenvalue weighted by Gasteiger charge is 2.25. The van der Waals surface area contributed by atoms with E-state index in [1.54, 1.807) is 0 Å². The maximum Gasteiger partial charge on any atom is 0.124 e. The summed E-state index contributed by atoms with van der Waals surface area (Å²) < 4.78 is 5.92. The molecule has 2 aliphatic rings. The van der Waals surface area contributed by atoms with Crippen LogP contribution in [0.4, 0.5) is 5.69 Å². The molecule has 0 radical (unpaired) electrons. The molecule has 3 rings (SSSR count). The molecule has 1 aromatic carbocycles. The molecule has 0 aromatic heterocycles. The molecule has 0 aliphatic carbocycles. The van der Waals surface area contributed by atoms with Gasteiger partial charge in [0.15, 0.2) is 0 Å². The van der Waals surface area contributed by atoms with Gasteiger partial charge in [-0.25, -0.2) is 0 Å². The van der Waals surface area contributed by atoms with Crippen molar-refractivity contribution < 1.29 is 4.74 Å². The van der Waals surface area contributed by atoms with Crippen molar-refractivity contribution >= 4 is 5.69 Å². The van der Waals surface area contributed by atoms with Crippen molar-refractivity contribution in [2.45, 2.75) is 18.9 Å². The Labute approximate surface area is 96.4 Å². The van der Waals surface area contributed by atoms with E-state index in [2.05, 4.69) is 35.5 Å². The lowest BCUT2D eigenvalue weighted by molar-refractivity contribution is 0.0388. The number of benzene rings is 1. The summed E-state index contributed by atoms with van der Waals surface area (Å²) in [5, 5.41) is 3.41. The van der Waals surface area contributed by atoms with Crippen LogP contribution in [0.3, 0.4) is 0 Å². The largest absolute Gasteiger partial charge is 0.488 e. The standard InChI is InChI=1S/C13H18N2O/c1-15-8-12(9-15)16-11-4-5-13-10(7-11)3-2-6-14-13/h4-5,7,12,14H,2-3,6,8-9H2,1H3. The molecule has 0 amide bonds. The Morgan fingerprint density at radius 3 is 3.06 bits per heavy atom. The van der Waals surface area contributed by atoms with Crippen LogP contribution < -0.4 is 10.1 Å². The van der Waals surface area contributed by atoms with Crippen LogP contribution in [0.1, 0.15) is 12.0 Å². The smallest absolute Gasteiger partial charge is 0.124 e. The summed E-state index contributed by atoms with van der Waals surface area (Å²) in [6, 6.07) is 6.42. The zero-order valence-corrected chi connectivity index (χ0v) is 9.70. The quantitative estimate of drug-likeness (QED) is 0.818. The summed E-state index contributed by atoms with van der Waals surface area (Å²) in [5.74, 6) is 1.03. The molecule has 1 N–H and O–H groups in total. The lowest BCUT2D eigenvalue weighted by atomic mass is 10.0. The summed E-state index contributed by atoms with van der Waals surface area (Å²) in [5.41, 5.74) is 2.68. The molecule has 0 bridgehead atoms. The summed E-state index contributed by atoms with van der Waals surface area (Å²) in [6.45, 7) is 3.20. The van der Waals surface area contributed by atoms with Gasteiger partial charge in [-0.1, -0.05) is 0 Å². The van der Waals surface area contributed by atoms with Gasteiger partial charge >= 0.3 is 0 Å². The predicted molar refractivity (Wildman–Crippen MR) is 65.2 cm³/mol. The average Bonchev–Trinajstić information content (AvgIpc) is 2.27. The number of likely N-dealkylation sites (N-methyl/N-ethyl adjacent to an activating group) is 1. The summed E-state index contributed by atoms with van der Waals surface area (Å²) in [4.78, 5) is 2.27. The molecule has 0 atom stereocenters.